The van der Waals surface area contributed by atoms with Gasteiger partial charge in [-0.2, -0.15) is 13.2 Å². The maximum atomic E-state index is 12.0. The van der Waals surface area contributed by atoms with Gasteiger partial charge in [-0.1, -0.05) is 6.42 Å². The van der Waals surface area contributed by atoms with E-state index in [-0.39, 0.29) is 0 Å². The summed E-state index contributed by atoms with van der Waals surface area (Å²) in [5.41, 5.74) is 0. The molecule has 0 aromatic carbocycles. The summed E-state index contributed by atoms with van der Waals surface area (Å²) in [6.45, 7) is 3.90. The van der Waals surface area contributed by atoms with E-state index in [0.29, 0.717) is 6.54 Å². The lowest BCUT2D eigenvalue weighted by atomic mass is 10.1. The molecule has 0 bridgehead atoms. The number of carbonyl (C=O) groups excluding carboxylic acids is 1. The number of piperidine rings is 1. The van der Waals surface area contributed by atoms with E-state index in [4.69, 9.17) is 0 Å². The zero-order valence-electron chi connectivity index (χ0n) is 9.31. The lowest BCUT2D eigenvalue weighted by Gasteiger charge is -2.29. The first-order valence-corrected chi connectivity index (χ1v) is 5.49. The Labute approximate surface area is 93.0 Å². The molecule has 1 saturated heterocycles. The third-order valence-electron chi connectivity index (χ3n) is 2.62. The summed E-state index contributed by atoms with van der Waals surface area (Å²) in [5.74, 6) is -1.85. The van der Waals surface area contributed by atoms with Gasteiger partial charge in [-0.25, -0.2) is 0 Å². The van der Waals surface area contributed by atoms with Gasteiger partial charge in [-0.3, -0.25) is 4.79 Å². The number of carbonyl (C=O) groups is 1. The predicted octanol–water partition coefficient (Wildman–Crippen LogP) is 1.54. The van der Waals surface area contributed by atoms with Crippen LogP contribution in [-0.4, -0.2) is 42.7 Å². The van der Waals surface area contributed by atoms with Crippen LogP contribution in [0.4, 0.5) is 13.2 Å². The van der Waals surface area contributed by atoms with E-state index in [9.17, 15) is 18.0 Å². The third-order valence-corrected chi connectivity index (χ3v) is 2.62. The minimum Gasteiger partial charge on any atom is -0.345 e. The molecular weight excluding hydrogens is 221 g/mol. The number of nitrogens with one attached hydrogen (secondary N) is 1. The Bertz CT molecular complexity index is 237. The third kappa shape index (κ3) is 4.38. The summed E-state index contributed by atoms with van der Waals surface area (Å²) < 4.78 is 35.9. The quantitative estimate of drug-likeness (QED) is 0.809. The molecule has 1 aliphatic heterocycles. The Morgan fingerprint density at radius 1 is 1.31 bits per heavy atom. The molecule has 16 heavy (non-hydrogen) atoms. The van der Waals surface area contributed by atoms with Crippen LogP contribution in [0.3, 0.4) is 0 Å². The van der Waals surface area contributed by atoms with Crippen LogP contribution in [-0.2, 0) is 4.79 Å². The highest BCUT2D eigenvalue weighted by molar-refractivity contribution is 5.81. The fourth-order valence-electron chi connectivity index (χ4n) is 1.88. The molecule has 1 unspecified atom stereocenters. The molecule has 1 rings (SSSR count). The first-order valence-electron chi connectivity index (χ1n) is 5.49. The Balaban J connectivity index is 2.29. The maximum absolute atomic E-state index is 12.0. The predicted molar refractivity (Wildman–Crippen MR) is 54.0 cm³/mol. The number of alkyl halides is 3. The standard InChI is InChI=1S/C10H17F3N2O/c1-8(14-9(16)10(11,12)13)7-15-5-3-2-4-6-15/h8H,2-7H2,1H3,(H,14,16). The normalized spacial score (nSPS) is 20.5. The number of amides is 1. The first kappa shape index (κ1) is 13.3. The van der Waals surface area contributed by atoms with Gasteiger partial charge in [0.2, 0.25) is 0 Å². The number of likely N-dealkylation sites (tertiary alicyclic amines) is 1. The zero-order valence-corrected chi connectivity index (χ0v) is 9.31. The second kappa shape index (κ2) is 5.52. The monoisotopic (exact) mass is 238 g/mol. The largest absolute Gasteiger partial charge is 0.471 e. The highest BCUT2D eigenvalue weighted by Crippen LogP contribution is 2.15. The van der Waals surface area contributed by atoms with E-state index in [0.717, 1.165) is 25.9 Å². The number of nitrogens with zero attached hydrogens (tertiary/aromatic N) is 1. The van der Waals surface area contributed by atoms with Crippen LogP contribution in [0.2, 0.25) is 0 Å². The van der Waals surface area contributed by atoms with Crippen molar-refractivity contribution < 1.29 is 18.0 Å². The van der Waals surface area contributed by atoms with Gasteiger partial charge >= 0.3 is 12.1 Å². The van der Waals surface area contributed by atoms with Crippen molar-refractivity contribution in [2.24, 2.45) is 0 Å². The molecule has 6 heteroatoms. The van der Waals surface area contributed by atoms with Gasteiger partial charge in [0.25, 0.3) is 0 Å². The molecule has 0 aromatic rings. The lowest BCUT2D eigenvalue weighted by molar-refractivity contribution is -0.174. The van der Waals surface area contributed by atoms with Crippen molar-refractivity contribution in [1.82, 2.24) is 10.2 Å². The van der Waals surface area contributed by atoms with Gasteiger partial charge in [0.1, 0.15) is 0 Å². The molecule has 1 amide bonds. The van der Waals surface area contributed by atoms with E-state index < -0.39 is 18.1 Å². The van der Waals surface area contributed by atoms with Crippen molar-refractivity contribution >= 4 is 5.91 Å². The second-order valence-corrected chi connectivity index (χ2v) is 4.23. The van der Waals surface area contributed by atoms with Crippen molar-refractivity contribution in [1.29, 1.82) is 0 Å². The fourth-order valence-corrected chi connectivity index (χ4v) is 1.88. The zero-order chi connectivity index (χ0) is 12.2. The SMILES string of the molecule is CC(CN1CCCCC1)NC(=O)C(F)(F)F. The van der Waals surface area contributed by atoms with E-state index in [1.165, 1.54) is 6.42 Å². The molecule has 3 nitrogen and oxygen atoms in total. The topological polar surface area (TPSA) is 32.3 Å². The van der Waals surface area contributed by atoms with Crippen molar-refractivity contribution in [2.45, 2.75) is 38.4 Å². The minimum absolute atomic E-state index is 0.466. The average Bonchev–Trinajstić information content (AvgIpc) is 2.17. The van der Waals surface area contributed by atoms with Crippen molar-refractivity contribution in [3.63, 3.8) is 0 Å². The van der Waals surface area contributed by atoms with Gasteiger partial charge in [0.05, 0.1) is 0 Å². The molecule has 0 aromatic heterocycles. The van der Waals surface area contributed by atoms with Crippen LogP contribution in [0.25, 0.3) is 0 Å². The molecule has 94 valence electrons. The van der Waals surface area contributed by atoms with Crippen LogP contribution in [0, 0.1) is 0 Å². The summed E-state index contributed by atoms with van der Waals surface area (Å²) in [5, 5.41) is 1.96. The van der Waals surface area contributed by atoms with E-state index in [1.54, 1.807) is 6.92 Å². The summed E-state index contributed by atoms with van der Waals surface area (Å²) in [6.07, 6.45) is -1.43. The number of hydrogen-bond acceptors (Lipinski definition) is 2. The van der Waals surface area contributed by atoms with E-state index in [1.807, 2.05) is 5.32 Å². The van der Waals surface area contributed by atoms with Crippen LogP contribution < -0.4 is 5.32 Å². The van der Waals surface area contributed by atoms with Crippen LogP contribution in [0.5, 0.6) is 0 Å². The Morgan fingerprint density at radius 3 is 2.38 bits per heavy atom. The molecular formula is C10H17F3N2O. The fraction of sp³-hybridized carbons (Fsp3) is 0.900. The number of hydrogen-bond donors (Lipinski definition) is 1. The maximum Gasteiger partial charge on any atom is 0.471 e. The summed E-state index contributed by atoms with van der Waals surface area (Å²) in [6, 6.07) is -0.466. The highest BCUT2D eigenvalue weighted by atomic mass is 19.4. The van der Waals surface area contributed by atoms with Crippen molar-refractivity contribution in [3.05, 3.63) is 0 Å². The van der Waals surface area contributed by atoms with Crippen molar-refractivity contribution in [2.75, 3.05) is 19.6 Å². The van der Waals surface area contributed by atoms with Crippen LogP contribution in [0.1, 0.15) is 26.2 Å². The summed E-state index contributed by atoms with van der Waals surface area (Å²) >= 11 is 0. The van der Waals surface area contributed by atoms with Gasteiger partial charge in [-0.15, -0.1) is 0 Å². The van der Waals surface area contributed by atoms with Crippen LogP contribution in [0.15, 0.2) is 0 Å². The highest BCUT2D eigenvalue weighted by Gasteiger charge is 2.39. The first-order chi connectivity index (χ1) is 7.39. The second-order valence-electron chi connectivity index (χ2n) is 4.23. The van der Waals surface area contributed by atoms with E-state index >= 15 is 0 Å². The molecule has 0 radical (unpaired) electrons. The smallest absolute Gasteiger partial charge is 0.345 e. The lowest BCUT2D eigenvalue weighted by Crippen LogP contribution is -2.47. The molecule has 0 spiro atoms. The van der Waals surface area contributed by atoms with Crippen molar-refractivity contribution in [3.8, 4) is 0 Å². The van der Waals surface area contributed by atoms with Gasteiger partial charge < -0.3 is 10.2 Å². The Morgan fingerprint density at radius 2 is 1.88 bits per heavy atom. The molecule has 1 N–H and O–H groups in total. The van der Waals surface area contributed by atoms with Gasteiger partial charge in [0, 0.05) is 12.6 Å². The van der Waals surface area contributed by atoms with Crippen LogP contribution >= 0.6 is 0 Å². The summed E-state index contributed by atoms with van der Waals surface area (Å²) in [7, 11) is 0. The number of rotatable bonds is 3. The molecule has 1 aliphatic rings. The average molecular weight is 238 g/mol. The molecule has 1 heterocycles. The molecule has 1 atom stereocenters. The molecule has 0 aliphatic carbocycles. The number of halogens is 3. The van der Waals surface area contributed by atoms with Gasteiger partial charge in [-0.05, 0) is 32.9 Å². The molecule has 0 saturated carbocycles. The Kier molecular flexibility index (Phi) is 4.58. The summed E-state index contributed by atoms with van der Waals surface area (Å²) in [4.78, 5) is 12.8. The van der Waals surface area contributed by atoms with Gasteiger partial charge in [0.15, 0.2) is 0 Å². The van der Waals surface area contributed by atoms with E-state index in [2.05, 4.69) is 4.90 Å². The molecule has 1 fully saturated rings. The Hall–Kier alpha value is -0.780. The minimum atomic E-state index is -4.78.